The average Bonchev–Trinajstić information content (AvgIpc) is 2.83. The van der Waals surface area contributed by atoms with E-state index in [-0.39, 0.29) is 11.5 Å². The molecule has 100 valence electrons. The van der Waals surface area contributed by atoms with Crippen molar-refractivity contribution in [2.75, 3.05) is 6.61 Å². The molecule has 1 aromatic heterocycles. The molecule has 0 aliphatic rings. The summed E-state index contributed by atoms with van der Waals surface area (Å²) in [7, 11) is 0. The maximum atomic E-state index is 11.4. The Balaban J connectivity index is 2.15. The monoisotopic (exact) mass is 280 g/mol. The summed E-state index contributed by atoms with van der Waals surface area (Å²) < 4.78 is 10.2. The average molecular weight is 281 g/mol. The van der Waals surface area contributed by atoms with E-state index in [9.17, 15) is 9.90 Å². The van der Waals surface area contributed by atoms with Gasteiger partial charge in [-0.2, -0.15) is 0 Å². The first-order valence-corrected chi connectivity index (χ1v) is 6.21. The Hall–Kier alpha value is -1.94. The van der Waals surface area contributed by atoms with Crippen LogP contribution in [0.5, 0.6) is 5.75 Å². The van der Waals surface area contributed by atoms with Gasteiger partial charge in [0.1, 0.15) is 11.5 Å². The van der Waals surface area contributed by atoms with E-state index in [1.54, 1.807) is 31.2 Å². The third-order valence-electron chi connectivity index (χ3n) is 2.54. The van der Waals surface area contributed by atoms with E-state index in [0.29, 0.717) is 29.4 Å². The predicted molar refractivity (Wildman–Crippen MR) is 70.6 cm³/mol. The summed E-state index contributed by atoms with van der Waals surface area (Å²) in [6.45, 7) is 2.02. The molecule has 0 saturated heterocycles. The molecule has 0 fully saturated rings. The Labute approximate surface area is 115 Å². The molecule has 0 spiro atoms. The van der Waals surface area contributed by atoms with Crippen molar-refractivity contribution >= 4 is 17.6 Å². The maximum Gasteiger partial charge on any atom is 0.374 e. The van der Waals surface area contributed by atoms with Gasteiger partial charge in [0.25, 0.3) is 0 Å². The Kier molecular flexibility index (Phi) is 4.12. The van der Waals surface area contributed by atoms with Gasteiger partial charge >= 0.3 is 5.97 Å². The van der Waals surface area contributed by atoms with Gasteiger partial charge in [0.15, 0.2) is 0 Å². The molecule has 0 bridgehead atoms. The molecule has 0 saturated carbocycles. The van der Waals surface area contributed by atoms with Crippen LogP contribution in [0.2, 0.25) is 5.02 Å². The van der Waals surface area contributed by atoms with Crippen LogP contribution in [0.25, 0.3) is 0 Å². The highest BCUT2D eigenvalue weighted by atomic mass is 35.5. The molecule has 2 rings (SSSR count). The van der Waals surface area contributed by atoms with Gasteiger partial charge in [0.05, 0.1) is 6.61 Å². The highest BCUT2D eigenvalue weighted by Gasteiger charge is 2.13. The molecule has 4 nitrogen and oxygen atoms in total. The lowest BCUT2D eigenvalue weighted by Gasteiger charge is -2.03. The molecule has 0 aliphatic heterocycles. The summed E-state index contributed by atoms with van der Waals surface area (Å²) in [5.41, 5.74) is 0.636. The van der Waals surface area contributed by atoms with Crippen molar-refractivity contribution < 1.29 is 19.1 Å². The minimum absolute atomic E-state index is 0.137. The van der Waals surface area contributed by atoms with Crippen molar-refractivity contribution in [1.29, 1.82) is 0 Å². The minimum Gasteiger partial charge on any atom is -0.508 e. The fourth-order valence-electron chi connectivity index (χ4n) is 1.67. The molecule has 0 amide bonds. The zero-order chi connectivity index (χ0) is 13.8. The second kappa shape index (κ2) is 5.80. The standard InChI is InChI=1S/C14H13ClO4/c1-2-18-14(17)13-6-4-11(19-13)8-9-7-10(15)3-5-12(9)16/h3-7,16H,2,8H2,1H3. The molecule has 1 aromatic carbocycles. The molecule has 0 atom stereocenters. The number of hydrogen-bond donors (Lipinski definition) is 1. The summed E-state index contributed by atoms with van der Waals surface area (Å²) in [6.07, 6.45) is 0.353. The largest absolute Gasteiger partial charge is 0.508 e. The van der Waals surface area contributed by atoms with E-state index in [1.807, 2.05) is 0 Å². The molecule has 5 heteroatoms. The van der Waals surface area contributed by atoms with Crippen LogP contribution in [0.4, 0.5) is 0 Å². The van der Waals surface area contributed by atoms with Gasteiger partial charge in [0.2, 0.25) is 5.76 Å². The van der Waals surface area contributed by atoms with Crippen molar-refractivity contribution in [2.24, 2.45) is 0 Å². The van der Waals surface area contributed by atoms with Crippen LogP contribution in [0.15, 0.2) is 34.7 Å². The van der Waals surface area contributed by atoms with Crippen molar-refractivity contribution in [1.82, 2.24) is 0 Å². The topological polar surface area (TPSA) is 59.7 Å². The third kappa shape index (κ3) is 3.29. The SMILES string of the molecule is CCOC(=O)c1ccc(Cc2cc(Cl)ccc2O)o1. The number of rotatable bonds is 4. The van der Waals surface area contributed by atoms with Crippen LogP contribution in [0, 0.1) is 0 Å². The minimum atomic E-state index is -0.496. The van der Waals surface area contributed by atoms with E-state index in [2.05, 4.69) is 0 Å². The third-order valence-corrected chi connectivity index (χ3v) is 2.78. The number of furan rings is 1. The van der Waals surface area contributed by atoms with E-state index in [4.69, 9.17) is 20.8 Å². The Morgan fingerprint density at radius 2 is 2.16 bits per heavy atom. The Morgan fingerprint density at radius 3 is 2.89 bits per heavy atom. The quantitative estimate of drug-likeness (QED) is 0.872. The van der Waals surface area contributed by atoms with Crippen molar-refractivity contribution in [3.8, 4) is 5.75 Å². The molecule has 0 radical (unpaired) electrons. The highest BCUT2D eigenvalue weighted by molar-refractivity contribution is 6.30. The fourth-order valence-corrected chi connectivity index (χ4v) is 1.86. The smallest absolute Gasteiger partial charge is 0.374 e. The van der Waals surface area contributed by atoms with Crippen molar-refractivity contribution in [2.45, 2.75) is 13.3 Å². The highest BCUT2D eigenvalue weighted by Crippen LogP contribution is 2.25. The normalized spacial score (nSPS) is 10.4. The summed E-state index contributed by atoms with van der Waals surface area (Å²) >= 11 is 5.86. The lowest BCUT2D eigenvalue weighted by atomic mass is 10.1. The summed E-state index contributed by atoms with van der Waals surface area (Å²) in [4.78, 5) is 11.4. The number of halogens is 1. The molecule has 19 heavy (non-hydrogen) atoms. The number of ether oxygens (including phenoxy) is 1. The Morgan fingerprint density at radius 1 is 1.37 bits per heavy atom. The number of carbonyl (C=O) groups is 1. The van der Waals surface area contributed by atoms with E-state index >= 15 is 0 Å². The summed E-state index contributed by atoms with van der Waals surface area (Å²) in [6, 6.07) is 8.00. The van der Waals surface area contributed by atoms with Gasteiger partial charge in [-0.3, -0.25) is 0 Å². The van der Waals surface area contributed by atoms with Crippen LogP contribution < -0.4 is 0 Å². The van der Waals surface area contributed by atoms with Crippen LogP contribution in [-0.4, -0.2) is 17.7 Å². The summed E-state index contributed by atoms with van der Waals surface area (Å²) in [5.74, 6) is 0.349. The lowest BCUT2D eigenvalue weighted by Crippen LogP contribution is -2.02. The van der Waals surface area contributed by atoms with Gasteiger partial charge in [-0.1, -0.05) is 11.6 Å². The molecule has 1 heterocycles. The van der Waals surface area contributed by atoms with Crippen LogP contribution in [-0.2, 0) is 11.2 Å². The molecule has 0 unspecified atom stereocenters. The van der Waals surface area contributed by atoms with Crippen molar-refractivity contribution in [3.63, 3.8) is 0 Å². The van der Waals surface area contributed by atoms with Gasteiger partial charge in [-0.05, 0) is 37.3 Å². The number of carbonyl (C=O) groups excluding carboxylic acids is 1. The molecule has 2 aromatic rings. The van der Waals surface area contributed by atoms with Gasteiger partial charge in [-0.25, -0.2) is 4.79 Å². The molecular formula is C14H13ClO4. The van der Waals surface area contributed by atoms with Crippen LogP contribution >= 0.6 is 11.6 Å². The van der Waals surface area contributed by atoms with E-state index in [1.165, 1.54) is 6.07 Å². The lowest BCUT2D eigenvalue weighted by molar-refractivity contribution is 0.0488. The second-order valence-electron chi connectivity index (χ2n) is 3.94. The fraction of sp³-hybridized carbons (Fsp3) is 0.214. The van der Waals surface area contributed by atoms with E-state index < -0.39 is 5.97 Å². The zero-order valence-electron chi connectivity index (χ0n) is 10.4. The Bertz CT molecular complexity index is 589. The number of phenolic OH excluding ortho intramolecular Hbond substituents is 1. The summed E-state index contributed by atoms with van der Waals surface area (Å²) in [5, 5.41) is 10.2. The van der Waals surface area contributed by atoms with Crippen LogP contribution in [0.3, 0.4) is 0 Å². The van der Waals surface area contributed by atoms with Crippen molar-refractivity contribution in [3.05, 3.63) is 52.4 Å². The maximum absolute atomic E-state index is 11.4. The molecule has 0 aliphatic carbocycles. The first kappa shape index (κ1) is 13.5. The first-order chi connectivity index (χ1) is 9.10. The van der Waals surface area contributed by atoms with Gasteiger partial charge < -0.3 is 14.3 Å². The number of aromatic hydroxyl groups is 1. The van der Waals surface area contributed by atoms with Crippen LogP contribution in [0.1, 0.15) is 28.8 Å². The number of phenols is 1. The van der Waals surface area contributed by atoms with Gasteiger partial charge in [-0.15, -0.1) is 0 Å². The molecule has 1 N–H and O–H groups in total. The molecular weight excluding hydrogens is 268 g/mol. The van der Waals surface area contributed by atoms with E-state index in [0.717, 1.165) is 0 Å². The number of hydrogen-bond acceptors (Lipinski definition) is 4. The zero-order valence-corrected chi connectivity index (χ0v) is 11.1. The predicted octanol–water partition coefficient (Wildman–Crippen LogP) is 3.41. The van der Waals surface area contributed by atoms with Gasteiger partial charge in [0, 0.05) is 17.0 Å². The number of benzene rings is 1. The number of esters is 1. The second-order valence-corrected chi connectivity index (χ2v) is 4.37. The first-order valence-electron chi connectivity index (χ1n) is 5.83.